The van der Waals surface area contributed by atoms with Crippen LogP contribution in [0.25, 0.3) is 0 Å². The van der Waals surface area contributed by atoms with Gasteiger partial charge in [-0.25, -0.2) is 0 Å². The van der Waals surface area contributed by atoms with E-state index < -0.39 is 111 Å². The summed E-state index contributed by atoms with van der Waals surface area (Å²) in [5.74, 6) is -0.773. The van der Waals surface area contributed by atoms with Gasteiger partial charge in [0.2, 0.25) is 5.91 Å². The van der Waals surface area contributed by atoms with E-state index in [2.05, 4.69) is 19.2 Å². The van der Waals surface area contributed by atoms with E-state index in [1.807, 2.05) is 6.08 Å². The highest BCUT2D eigenvalue weighted by Gasteiger charge is 2.48. The molecule has 2 aliphatic rings. The Labute approximate surface area is 415 Å². The smallest absolute Gasteiger partial charge is 0.249 e. The molecule has 0 saturated carbocycles. The fraction of sp³-hybridized carbons (Fsp3) is 0.943. The average molecular weight is 992 g/mol. The molecule has 0 radical (unpaired) electrons. The molecular weight excluding hydrogens is 891 g/mol. The molecule has 0 aromatic rings. The number of allylic oxidation sites excluding steroid dienone is 1. The zero-order chi connectivity index (χ0) is 50.7. The summed E-state index contributed by atoms with van der Waals surface area (Å²) in [5, 5.41) is 108. The van der Waals surface area contributed by atoms with Gasteiger partial charge in [0.15, 0.2) is 12.6 Å². The molecule has 0 bridgehead atoms. The third-order valence-electron chi connectivity index (χ3n) is 13.9. The lowest BCUT2D eigenvalue weighted by Crippen LogP contribution is -2.62. The van der Waals surface area contributed by atoms with Crippen LogP contribution in [0.3, 0.4) is 0 Å². The zero-order valence-electron chi connectivity index (χ0n) is 42.8. The van der Waals surface area contributed by atoms with Crippen LogP contribution < -0.4 is 5.32 Å². The minimum Gasteiger partial charge on any atom is -0.394 e. The first-order valence-electron chi connectivity index (χ1n) is 27.6. The highest BCUT2D eigenvalue weighted by molar-refractivity contribution is 5.80. The van der Waals surface area contributed by atoms with Crippen LogP contribution in [0.4, 0.5) is 0 Å². The molecule has 2 heterocycles. The molecule has 0 aliphatic carbocycles. The SMILES string of the molecule is CCCCCCCCCCCC/C=C/C[C@@H](O)[C@@H](O)[C@H](CO[C@@H]1OC(CO[C@H]2OC(CO)[C@H](O)C(O)C2O)[C@@H](O)C(O)C1O)NC(=O)[C@H](O)CCCCCCCCCCCCCCCCCCCC. The van der Waals surface area contributed by atoms with Crippen LogP contribution in [-0.2, 0) is 23.7 Å². The minimum atomic E-state index is -1.83. The van der Waals surface area contributed by atoms with Crippen molar-refractivity contribution in [3.05, 3.63) is 12.2 Å². The van der Waals surface area contributed by atoms with Gasteiger partial charge in [0, 0.05) is 0 Å². The molecule has 2 saturated heterocycles. The predicted molar refractivity (Wildman–Crippen MR) is 266 cm³/mol. The highest BCUT2D eigenvalue weighted by Crippen LogP contribution is 2.27. The number of aliphatic hydroxyl groups excluding tert-OH is 10. The molecule has 16 heteroatoms. The van der Waals surface area contributed by atoms with Crippen LogP contribution in [0.2, 0.25) is 0 Å². The topological polar surface area (TPSA) is 268 Å². The molecule has 1 amide bonds. The molecule has 14 atom stereocenters. The lowest BCUT2D eigenvalue weighted by molar-refractivity contribution is -0.331. The fourth-order valence-corrected chi connectivity index (χ4v) is 9.17. The molecular formula is C53H101NO15. The number of nitrogens with one attached hydrogen (secondary N) is 1. The first-order chi connectivity index (χ1) is 33.4. The molecule has 2 fully saturated rings. The van der Waals surface area contributed by atoms with Crippen LogP contribution in [0.5, 0.6) is 0 Å². The standard InChI is InChI=1S/C53H101NO15/c1-3-5-7-9-11-13-15-17-18-19-20-21-23-25-27-29-31-33-35-41(57)51(65)54-39(44(58)40(56)34-32-30-28-26-24-22-16-14-12-10-8-6-4-2)37-66-52-50(64)48(62)46(60)43(69-52)38-67-53-49(63)47(61)45(59)42(36-55)68-53/h30,32,39-50,52-53,55-64H,3-29,31,33-38H2,1-2H3,(H,54,65)/b32-30+/t39-,40+,41+,42?,43?,44-,45-,46+,47?,48?,49?,50?,52+,53-/m0/s1. The van der Waals surface area contributed by atoms with E-state index in [1.54, 1.807) is 6.08 Å². The molecule has 0 spiro atoms. The van der Waals surface area contributed by atoms with Gasteiger partial charge in [0.1, 0.15) is 61.0 Å². The molecule has 0 aromatic carbocycles. The van der Waals surface area contributed by atoms with Crippen LogP contribution in [0.1, 0.15) is 213 Å². The van der Waals surface area contributed by atoms with Crippen molar-refractivity contribution < 1.29 is 74.8 Å². The molecule has 16 nitrogen and oxygen atoms in total. The zero-order valence-corrected chi connectivity index (χ0v) is 42.8. The minimum absolute atomic E-state index is 0.0674. The van der Waals surface area contributed by atoms with Gasteiger partial charge in [-0.3, -0.25) is 4.79 Å². The van der Waals surface area contributed by atoms with Crippen LogP contribution in [0, 0.1) is 0 Å². The number of hydrogen-bond donors (Lipinski definition) is 11. The van der Waals surface area contributed by atoms with Crippen molar-refractivity contribution in [1.82, 2.24) is 5.32 Å². The van der Waals surface area contributed by atoms with E-state index in [9.17, 15) is 55.9 Å². The summed E-state index contributed by atoms with van der Waals surface area (Å²) in [6, 6.07) is -1.30. The number of unbranched alkanes of at least 4 members (excludes halogenated alkanes) is 27. The van der Waals surface area contributed by atoms with E-state index in [0.29, 0.717) is 6.42 Å². The van der Waals surface area contributed by atoms with E-state index in [-0.39, 0.29) is 12.8 Å². The van der Waals surface area contributed by atoms with Crippen molar-refractivity contribution in [2.45, 2.75) is 299 Å². The van der Waals surface area contributed by atoms with Crippen molar-refractivity contribution >= 4 is 5.91 Å². The maximum absolute atomic E-state index is 13.3. The summed E-state index contributed by atoms with van der Waals surface area (Å²) < 4.78 is 22.4. The monoisotopic (exact) mass is 992 g/mol. The van der Waals surface area contributed by atoms with Gasteiger partial charge in [-0.1, -0.05) is 199 Å². The van der Waals surface area contributed by atoms with Crippen LogP contribution >= 0.6 is 0 Å². The van der Waals surface area contributed by atoms with Gasteiger partial charge in [0.05, 0.1) is 32.0 Å². The number of aliphatic hydroxyl groups is 10. The number of amides is 1. The van der Waals surface area contributed by atoms with E-state index >= 15 is 0 Å². The normalized spacial score (nSPS) is 27.1. The van der Waals surface area contributed by atoms with Crippen molar-refractivity contribution in [2.24, 2.45) is 0 Å². The lowest BCUT2D eigenvalue weighted by atomic mass is 9.98. The Morgan fingerprint density at radius 3 is 1.39 bits per heavy atom. The van der Waals surface area contributed by atoms with E-state index in [4.69, 9.17) is 18.9 Å². The third-order valence-corrected chi connectivity index (χ3v) is 13.9. The molecule has 2 rings (SSSR count). The Morgan fingerprint density at radius 1 is 0.522 bits per heavy atom. The van der Waals surface area contributed by atoms with Crippen molar-refractivity contribution in [3.63, 3.8) is 0 Å². The fourth-order valence-electron chi connectivity index (χ4n) is 9.17. The molecule has 408 valence electrons. The molecule has 69 heavy (non-hydrogen) atoms. The third kappa shape index (κ3) is 27.0. The average Bonchev–Trinajstić information content (AvgIpc) is 3.34. The summed E-state index contributed by atoms with van der Waals surface area (Å²) in [7, 11) is 0. The summed E-state index contributed by atoms with van der Waals surface area (Å²) in [5.41, 5.74) is 0. The maximum atomic E-state index is 13.3. The summed E-state index contributed by atoms with van der Waals surface area (Å²) in [6.45, 7) is 2.65. The number of carbonyl (C=O) groups excluding carboxylic acids is 1. The Morgan fingerprint density at radius 2 is 0.928 bits per heavy atom. The second-order valence-electron chi connectivity index (χ2n) is 20.0. The Bertz CT molecular complexity index is 1250. The maximum Gasteiger partial charge on any atom is 0.249 e. The Hall–Kier alpha value is -1.35. The first-order valence-corrected chi connectivity index (χ1v) is 27.6. The predicted octanol–water partition coefficient (Wildman–Crippen LogP) is 5.88. The summed E-state index contributed by atoms with van der Waals surface area (Å²) >= 11 is 0. The van der Waals surface area contributed by atoms with Crippen molar-refractivity contribution in [3.8, 4) is 0 Å². The van der Waals surface area contributed by atoms with Crippen molar-refractivity contribution in [1.29, 1.82) is 0 Å². The van der Waals surface area contributed by atoms with Gasteiger partial charge < -0.3 is 75.3 Å². The van der Waals surface area contributed by atoms with E-state index in [1.165, 1.54) is 141 Å². The molecule has 11 N–H and O–H groups in total. The van der Waals surface area contributed by atoms with Gasteiger partial charge in [-0.2, -0.15) is 0 Å². The molecule has 0 aromatic heterocycles. The quantitative estimate of drug-likeness (QED) is 0.0252. The van der Waals surface area contributed by atoms with Crippen LogP contribution in [0.15, 0.2) is 12.2 Å². The van der Waals surface area contributed by atoms with Crippen molar-refractivity contribution in [2.75, 3.05) is 19.8 Å². The first kappa shape index (κ1) is 63.8. The summed E-state index contributed by atoms with van der Waals surface area (Å²) in [6.07, 6.45) is 18.4. The Balaban J connectivity index is 1.87. The largest absolute Gasteiger partial charge is 0.394 e. The number of carbonyl (C=O) groups is 1. The van der Waals surface area contributed by atoms with Gasteiger partial charge in [0.25, 0.3) is 0 Å². The molecule has 6 unspecified atom stereocenters. The van der Waals surface area contributed by atoms with Gasteiger partial charge in [-0.15, -0.1) is 0 Å². The van der Waals surface area contributed by atoms with E-state index in [0.717, 1.165) is 38.5 Å². The second kappa shape index (κ2) is 40.1. The molecule has 2 aliphatic heterocycles. The van der Waals surface area contributed by atoms with Crippen LogP contribution in [-0.4, -0.2) is 163 Å². The number of ether oxygens (including phenoxy) is 4. The number of rotatable bonds is 43. The Kier molecular flexibility index (Phi) is 37.0. The number of hydrogen-bond acceptors (Lipinski definition) is 15. The second-order valence-corrected chi connectivity index (χ2v) is 20.0. The van der Waals surface area contributed by atoms with Gasteiger partial charge in [-0.05, 0) is 25.7 Å². The lowest BCUT2D eigenvalue weighted by Gasteiger charge is -2.43. The highest BCUT2D eigenvalue weighted by atomic mass is 16.7. The van der Waals surface area contributed by atoms with Gasteiger partial charge >= 0.3 is 0 Å². The summed E-state index contributed by atoms with van der Waals surface area (Å²) in [4.78, 5) is 13.3.